The van der Waals surface area contributed by atoms with Crippen LogP contribution < -0.4 is 16.0 Å². The van der Waals surface area contributed by atoms with Crippen LogP contribution in [0.3, 0.4) is 0 Å². The number of nitrogens with one attached hydrogen (secondary N) is 3. The van der Waals surface area contributed by atoms with Gasteiger partial charge in [-0.15, -0.1) is 0 Å². The first-order valence-electron chi connectivity index (χ1n) is 7.35. The first kappa shape index (κ1) is 19.5. The van der Waals surface area contributed by atoms with Crippen molar-refractivity contribution in [2.24, 2.45) is 5.41 Å². The normalized spacial score (nSPS) is 10.9. The summed E-state index contributed by atoms with van der Waals surface area (Å²) in [6.07, 6.45) is -0.0552. The maximum Gasteiger partial charge on any atom is 0.226 e. The zero-order valence-corrected chi connectivity index (χ0v) is 14.0. The molecule has 0 unspecified atom stereocenters. The van der Waals surface area contributed by atoms with Gasteiger partial charge in [-0.2, -0.15) is 0 Å². The average molecular weight is 341 g/mol. The van der Waals surface area contributed by atoms with Gasteiger partial charge in [0.25, 0.3) is 0 Å². The van der Waals surface area contributed by atoms with Crippen molar-refractivity contribution < 1.29 is 23.2 Å². The van der Waals surface area contributed by atoms with Gasteiger partial charge < -0.3 is 16.0 Å². The van der Waals surface area contributed by atoms with Crippen LogP contribution in [-0.2, 0) is 14.4 Å². The van der Waals surface area contributed by atoms with Gasteiger partial charge in [0.05, 0.1) is 11.4 Å². The molecule has 0 heterocycles. The van der Waals surface area contributed by atoms with Crippen LogP contribution in [0.5, 0.6) is 0 Å². The van der Waals surface area contributed by atoms with Gasteiger partial charge in [0.2, 0.25) is 17.7 Å². The molecule has 6 nitrogen and oxygen atoms in total. The topological polar surface area (TPSA) is 87.3 Å². The Morgan fingerprint density at radius 3 is 1.96 bits per heavy atom. The van der Waals surface area contributed by atoms with Crippen LogP contribution in [0.25, 0.3) is 0 Å². The van der Waals surface area contributed by atoms with Crippen molar-refractivity contribution in [1.82, 2.24) is 5.32 Å². The third-order valence-electron chi connectivity index (χ3n) is 2.96. The van der Waals surface area contributed by atoms with Gasteiger partial charge in [0.15, 0.2) is 11.6 Å². The number of carbonyl (C=O) groups excluding carboxylic acids is 3. The van der Waals surface area contributed by atoms with Crippen LogP contribution in [0.4, 0.5) is 20.2 Å². The fourth-order valence-electron chi connectivity index (χ4n) is 1.71. The Morgan fingerprint density at radius 2 is 1.50 bits per heavy atom. The Bertz CT molecular complexity index is 655. The molecule has 1 rings (SSSR count). The van der Waals surface area contributed by atoms with E-state index in [1.807, 2.05) is 0 Å². The van der Waals surface area contributed by atoms with E-state index in [9.17, 15) is 23.2 Å². The molecule has 0 aliphatic heterocycles. The number of amides is 3. The van der Waals surface area contributed by atoms with Crippen molar-refractivity contribution in [2.45, 2.75) is 34.1 Å². The number of hydrogen-bond donors (Lipinski definition) is 3. The number of rotatable bonds is 5. The SMILES string of the molecule is CC(=O)Nc1cc(F)c(F)cc1NC(=O)CCNC(=O)C(C)(C)C. The lowest BCUT2D eigenvalue weighted by molar-refractivity contribution is -0.128. The molecular weight excluding hydrogens is 320 g/mol. The average Bonchev–Trinajstić information content (AvgIpc) is 2.42. The fraction of sp³-hybridized carbons (Fsp3) is 0.438. The van der Waals surface area contributed by atoms with Crippen LogP contribution in [0.2, 0.25) is 0 Å². The predicted octanol–water partition coefficient (Wildman–Crippen LogP) is 2.41. The minimum Gasteiger partial charge on any atom is -0.355 e. The number of anilines is 2. The van der Waals surface area contributed by atoms with Gasteiger partial charge in [-0.05, 0) is 0 Å². The minimum atomic E-state index is -1.15. The minimum absolute atomic E-state index is 0.0477. The van der Waals surface area contributed by atoms with E-state index >= 15 is 0 Å². The second-order valence-electron chi connectivity index (χ2n) is 6.30. The lowest BCUT2D eigenvalue weighted by Gasteiger charge is -2.17. The predicted molar refractivity (Wildman–Crippen MR) is 86.4 cm³/mol. The van der Waals surface area contributed by atoms with Gasteiger partial charge in [0, 0.05) is 37.4 Å². The first-order chi connectivity index (χ1) is 11.0. The summed E-state index contributed by atoms with van der Waals surface area (Å²) >= 11 is 0. The molecule has 1 aromatic carbocycles. The van der Waals surface area contributed by atoms with Gasteiger partial charge in [-0.25, -0.2) is 8.78 Å². The number of carbonyl (C=O) groups is 3. The van der Waals surface area contributed by atoms with Crippen LogP contribution in [0.1, 0.15) is 34.1 Å². The molecule has 3 N–H and O–H groups in total. The first-order valence-corrected chi connectivity index (χ1v) is 7.35. The fourth-order valence-corrected chi connectivity index (χ4v) is 1.71. The maximum absolute atomic E-state index is 13.3. The van der Waals surface area contributed by atoms with E-state index in [1.54, 1.807) is 20.8 Å². The van der Waals surface area contributed by atoms with Gasteiger partial charge in [-0.1, -0.05) is 20.8 Å². The van der Waals surface area contributed by atoms with Crippen molar-refractivity contribution in [3.8, 4) is 0 Å². The van der Waals surface area contributed by atoms with E-state index in [4.69, 9.17) is 0 Å². The van der Waals surface area contributed by atoms with Gasteiger partial charge in [-0.3, -0.25) is 14.4 Å². The molecule has 8 heteroatoms. The number of benzene rings is 1. The van der Waals surface area contributed by atoms with Crippen molar-refractivity contribution in [1.29, 1.82) is 0 Å². The Morgan fingerprint density at radius 1 is 1.00 bits per heavy atom. The Hall–Kier alpha value is -2.51. The van der Waals surface area contributed by atoms with E-state index in [0.717, 1.165) is 12.1 Å². The molecule has 1 aromatic rings. The lowest BCUT2D eigenvalue weighted by atomic mass is 9.96. The van der Waals surface area contributed by atoms with Gasteiger partial charge in [0.1, 0.15) is 0 Å². The summed E-state index contributed by atoms with van der Waals surface area (Å²) in [5.74, 6) is -3.51. The zero-order chi connectivity index (χ0) is 18.5. The Kier molecular flexibility index (Phi) is 6.39. The standard InChI is InChI=1S/C16H21F2N3O3/c1-9(22)20-12-7-10(17)11(18)8-13(12)21-14(23)5-6-19-15(24)16(2,3)4/h7-8H,5-6H2,1-4H3,(H,19,24)(H,20,22)(H,21,23). The number of halogens is 2. The van der Waals surface area contributed by atoms with Crippen molar-refractivity contribution >= 4 is 29.1 Å². The largest absolute Gasteiger partial charge is 0.355 e. The second kappa shape index (κ2) is 7.85. The molecule has 0 saturated carbocycles. The van der Waals surface area contributed by atoms with Crippen LogP contribution in [-0.4, -0.2) is 24.3 Å². The highest BCUT2D eigenvalue weighted by Crippen LogP contribution is 2.25. The molecular formula is C16H21F2N3O3. The monoisotopic (exact) mass is 341 g/mol. The quantitative estimate of drug-likeness (QED) is 0.768. The highest BCUT2D eigenvalue weighted by atomic mass is 19.2. The molecule has 0 spiro atoms. The van der Waals surface area contributed by atoms with Crippen molar-refractivity contribution in [2.75, 3.05) is 17.2 Å². The Labute approximate surface area is 139 Å². The van der Waals surface area contributed by atoms with E-state index < -0.39 is 28.9 Å². The summed E-state index contributed by atoms with van der Waals surface area (Å²) in [6, 6.07) is 1.57. The summed E-state index contributed by atoms with van der Waals surface area (Å²) in [4.78, 5) is 34.7. The number of hydrogen-bond acceptors (Lipinski definition) is 3. The molecule has 0 aromatic heterocycles. The molecule has 0 saturated heterocycles. The molecule has 0 bridgehead atoms. The van der Waals surface area contributed by atoms with E-state index in [1.165, 1.54) is 6.92 Å². The van der Waals surface area contributed by atoms with Crippen LogP contribution in [0.15, 0.2) is 12.1 Å². The third-order valence-corrected chi connectivity index (χ3v) is 2.96. The van der Waals surface area contributed by atoms with Gasteiger partial charge >= 0.3 is 0 Å². The second-order valence-corrected chi connectivity index (χ2v) is 6.30. The lowest BCUT2D eigenvalue weighted by Crippen LogP contribution is -2.36. The molecule has 0 aliphatic carbocycles. The van der Waals surface area contributed by atoms with Crippen LogP contribution >= 0.6 is 0 Å². The van der Waals surface area contributed by atoms with E-state index in [2.05, 4.69) is 16.0 Å². The Balaban J connectivity index is 2.71. The van der Waals surface area contributed by atoms with Crippen LogP contribution in [0, 0.1) is 17.0 Å². The zero-order valence-electron chi connectivity index (χ0n) is 14.0. The summed E-state index contributed by atoms with van der Waals surface area (Å²) in [5.41, 5.74) is -0.681. The molecule has 0 fully saturated rings. The van der Waals surface area contributed by atoms with E-state index in [-0.39, 0.29) is 30.2 Å². The summed E-state index contributed by atoms with van der Waals surface area (Å²) < 4.78 is 26.6. The summed E-state index contributed by atoms with van der Waals surface area (Å²) in [7, 11) is 0. The molecule has 0 atom stereocenters. The van der Waals surface area contributed by atoms with Crippen molar-refractivity contribution in [3.05, 3.63) is 23.8 Å². The van der Waals surface area contributed by atoms with E-state index in [0.29, 0.717) is 0 Å². The molecule has 24 heavy (non-hydrogen) atoms. The molecule has 3 amide bonds. The molecule has 0 radical (unpaired) electrons. The summed E-state index contributed by atoms with van der Waals surface area (Å²) in [6.45, 7) is 6.52. The highest BCUT2D eigenvalue weighted by molar-refractivity contribution is 5.99. The van der Waals surface area contributed by atoms with Crippen molar-refractivity contribution in [3.63, 3.8) is 0 Å². The smallest absolute Gasteiger partial charge is 0.226 e. The molecule has 0 aliphatic rings. The highest BCUT2D eigenvalue weighted by Gasteiger charge is 2.20. The summed E-state index contributed by atoms with van der Waals surface area (Å²) in [5, 5.41) is 7.30. The molecule has 132 valence electrons. The third kappa shape index (κ3) is 5.94. The maximum atomic E-state index is 13.3.